The van der Waals surface area contributed by atoms with Gasteiger partial charge in [0.2, 0.25) is 5.91 Å². The number of benzene rings is 2. The predicted molar refractivity (Wildman–Crippen MR) is 146 cm³/mol. The van der Waals surface area contributed by atoms with Crippen molar-refractivity contribution in [2.24, 2.45) is 0 Å². The molecule has 6 nitrogen and oxygen atoms in total. The van der Waals surface area contributed by atoms with Crippen LogP contribution in [0.4, 0.5) is 5.69 Å². The van der Waals surface area contributed by atoms with Gasteiger partial charge in [0.05, 0.1) is 24.2 Å². The average Bonchev–Trinajstić information content (AvgIpc) is 3.23. The lowest BCUT2D eigenvalue weighted by molar-refractivity contribution is -0.115. The van der Waals surface area contributed by atoms with Crippen molar-refractivity contribution in [3.05, 3.63) is 70.2 Å². The van der Waals surface area contributed by atoms with Gasteiger partial charge in [0.25, 0.3) is 0 Å². The number of anilines is 1. The van der Waals surface area contributed by atoms with Crippen LogP contribution >= 0.6 is 23.7 Å². The Kier molecular flexibility index (Phi) is 11.5. The van der Waals surface area contributed by atoms with E-state index in [9.17, 15) is 4.79 Å². The van der Waals surface area contributed by atoms with E-state index in [1.165, 1.54) is 5.56 Å². The summed E-state index contributed by atoms with van der Waals surface area (Å²) in [5, 5.41) is 5.92. The third-order valence-corrected chi connectivity index (χ3v) is 6.42. The fourth-order valence-electron chi connectivity index (χ4n) is 3.89. The maximum atomic E-state index is 12.6. The van der Waals surface area contributed by atoms with Crippen LogP contribution in [0.5, 0.6) is 11.5 Å². The number of hydrogen-bond acceptors (Lipinski definition) is 6. The highest BCUT2D eigenvalue weighted by Gasteiger charge is 2.15. The molecule has 0 aliphatic carbocycles. The summed E-state index contributed by atoms with van der Waals surface area (Å²) in [4.78, 5) is 19.6. The molecule has 2 aromatic carbocycles. The summed E-state index contributed by atoms with van der Waals surface area (Å²) in [5.41, 5.74) is 2.66. The van der Waals surface area contributed by atoms with Crippen molar-refractivity contribution in [2.45, 2.75) is 52.6 Å². The van der Waals surface area contributed by atoms with Crippen LogP contribution in [-0.2, 0) is 17.6 Å². The molecule has 0 spiro atoms. The Balaban J connectivity index is 0.00000432. The second-order valence-corrected chi connectivity index (χ2v) is 9.70. The molecular formula is C27H36ClN3O3S. The number of nitrogens with one attached hydrogen (secondary N) is 1. The molecule has 0 saturated heterocycles. The van der Waals surface area contributed by atoms with Gasteiger partial charge in [-0.1, -0.05) is 30.3 Å². The minimum Gasteiger partial charge on any atom is -0.493 e. The van der Waals surface area contributed by atoms with Gasteiger partial charge < -0.3 is 14.8 Å². The molecule has 1 N–H and O–H groups in total. The van der Waals surface area contributed by atoms with Crippen molar-refractivity contribution in [1.29, 1.82) is 0 Å². The standard InChI is InChI=1S/C27H35N3O3S.ClH/c1-19(2)30(20(3)4)13-14-33-25-16-22(11-12-24(25)32-5)28-26(31)17-23-18-34-27(29-23)15-21-9-7-6-8-10-21;/h6-12,16,18-20H,13-15,17H2,1-5H3,(H,28,31);1H. The number of rotatable bonds is 12. The Morgan fingerprint density at radius 1 is 1.06 bits per heavy atom. The molecule has 0 atom stereocenters. The maximum Gasteiger partial charge on any atom is 0.230 e. The van der Waals surface area contributed by atoms with Gasteiger partial charge in [0.1, 0.15) is 6.61 Å². The molecule has 0 fully saturated rings. The highest BCUT2D eigenvalue weighted by Crippen LogP contribution is 2.30. The zero-order valence-electron chi connectivity index (χ0n) is 21.1. The van der Waals surface area contributed by atoms with Gasteiger partial charge in [0, 0.05) is 42.2 Å². The van der Waals surface area contributed by atoms with E-state index in [2.05, 4.69) is 55.0 Å². The normalized spacial score (nSPS) is 11.0. The summed E-state index contributed by atoms with van der Waals surface area (Å²) >= 11 is 1.58. The van der Waals surface area contributed by atoms with E-state index in [1.807, 2.05) is 41.8 Å². The van der Waals surface area contributed by atoms with E-state index in [4.69, 9.17) is 9.47 Å². The number of nitrogens with zero attached hydrogens (tertiary/aromatic N) is 2. The van der Waals surface area contributed by atoms with Crippen LogP contribution in [0, 0.1) is 0 Å². The fourth-order valence-corrected chi connectivity index (χ4v) is 4.72. The first-order valence-electron chi connectivity index (χ1n) is 11.7. The topological polar surface area (TPSA) is 63.7 Å². The molecule has 1 amide bonds. The van der Waals surface area contributed by atoms with Crippen LogP contribution in [0.15, 0.2) is 53.9 Å². The van der Waals surface area contributed by atoms with Crippen molar-refractivity contribution < 1.29 is 14.3 Å². The summed E-state index contributed by atoms with van der Waals surface area (Å²) in [6, 6.07) is 16.5. The molecule has 1 aromatic heterocycles. The van der Waals surface area contributed by atoms with Gasteiger partial charge in [-0.05, 0) is 45.4 Å². The average molecular weight is 518 g/mol. The Morgan fingerprint density at radius 3 is 2.43 bits per heavy atom. The van der Waals surface area contributed by atoms with Gasteiger partial charge in [-0.3, -0.25) is 9.69 Å². The minimum absolute atomic E-state index is 0. The lowest BCUT2D eigenvalue weighted by atomic mass is 10.2. The summed E-state index contributed by atoms with van der Waals surface area (Å²) in [5.74, 6) is 1.15. The zero-order valence-corrected chi connectivity index (χ0v) is 22.7. The Hall–Kier alpha value is -2.61. The van der Waals surface area contributed by atoms with Gasteiger partial charge >= 0.3 is 0 Å². The number of hydrogen-bond donors (Lipinski definition) is 1. The number of carbonyl (C=O) groups is 1. The quantitative estimate of drug-likeness (QED) is 0.327. The van der Waals surface area contributed by atoms with E-state index in [-0.39, 0.29) is 24.7 Å². The molecular weight excluding hydrogens is 482 g/mol. The van der Waals surface area contributed by atoms with Crippen LogP contribution in [0.1, 0.15) is 44.0 Å². The molecule has 1 heterocycles. The highest BCUT2D eigenvalue weighted by atomic mass is 35.5. The Morgan fingerprint density at radius 2 is 1.77 bits per heavy atom. The predicted octanol–water partition coefficient (Wildman–Crippen LogP) is 5.84. The van der Waals surface area contributed by atoms with Gasteiger partial charge in [0.15, 0.2) is 11.5 Å². The Labute approximate surface area is 219 Å². The number of carbonyl (C=O) groups excluding carboxylic acids is 1. The molecule has 3 aromatic rings. The smallest absolute Gasteiger partial charge is 0.230 e. The number of methoxy groups -OCH3 is 1. The molecule has 0 unspecified atom stereocenters. The fraction of sp³-hybridized carbons (Fsp3) is 0.407. The van der Waals surface area contributed by atoms with Crippen LogP contribution in [0.2, 0.25) is 0 Å². The summed E-state index contributed by atoms with van der Waals surface area (Å²) < 4.78 is 11.5. The van der Waals surface area contributed by atoms with E-state index >= 15 is 0 Å². The third kappa shape index (κ3) is 8.84. The second-order valence-electron chi connectivity index (χ2n) is 8.76. The van der Waals surface area contributed by atoms with E-state index in [1.54, 1.807) is 18.4 Å². The molecule has 0 aliphatic heterocycles. The molecule has 0 saturated carbocycles. The summed E-state index contributed by atoms with van der Waals surface area (Å²) in [6.45, 7) is 10.1. The monoisotopic (exact) mass is 517 g/mol. The van der Waals surface area contributed by atoms with E-state index < -0.39 is 0 Å². The van der Waals surface area contributed by atoms with Gasteiger partial charge in [-0.25, -0.2) is 4.98 Å². The van der Waals surface area contributed by atoms with E-state index in [0.717, 1.165) is 23.7 Å². The van der Waals surface area contributed by atoms with Gasteiger partial charge in [-0.15, -0.1) is 23.7 Å². The number of halogens is 1. The highest BCUT2D eigenvalue weighted by molar-refractivity contribution is 7.09. The minimum atomic E-state index is -0.113. The number of ether oxygens (including phenoxy) is 2. The lowest BCUT2D eigenvalue weighted by Crippen LogP contribution is -2.39. The largest absolute Gasteiger partial charge is 0.493 e. The van der Waals surface area contributed by atoms with Crippen molar-refractivity contribution in [3.8, 4) is 11.5 Å². The second kappa shape index (κ2) is 14.1. The van der Waals surface area contributed by atoms with Gasteiger partial charge in [-0.2, -0.15) is 0 Å². The third-order valence-electron chi connectivity index (χ3n) is 5.52. The summed E-state index contributed by atoms with van der Waals surface area (Å²) in [6.07, 6.45) is 1.00. The van der Waals surface area contributed by atoms with Crippen LogP contribution < -0.4 is 14.8 Å². The number of thiazole rings is 1. The Bertz CT molecular complexity index is 1050. The molecule has 190 valence electrons. The molecule has 0 radical (unpaired) electrons. The van der Waals surface area contributed by atoms with Crippen molar-refractivity contribution in [3.63, 3.8) is 0 Å². The number of aromatic nitrogens is 1. The van der Waals surface area contributed by atoms with Crippen LogP contribution in [0.3, 0.4) is 0 Å². The summed E-state index contributed by atoms with van der Waals surface area (Å²) in [7, 11) is 1.62. The molecule has 0 aliphatic rings. The SMILES string of the molecule is COc1ccc(NC(=O)Cc2csc(Cc3ccccc3)n2)cc1OCCN(C(C)C)C(C)C.Cl. The first-order chi connectivity index (χ1) is 16.4. The zero-order chi connectivity index (χ0) is 24.5. The molecule has 8 heteroatoms. The molecule has 35 heavy (non-hydrogen) atoms. The van der Waals surface area contributed by atoms with E-state index in [0.29, 0.717) is 35.9 Å². The maximum absolute atomic E-state index is 12.6. The first kappa shape index (κ1) is 28.6. The lowest BCUT2D eigenvalue weighted by Gasteiger charge is -2.30. The van der Waals surface area contributed by atoms with Crippen molar-refractivity contribution in [2.75, 3.05) is 25.6 Å². The van der Waals surface area contributed by atoms with Crippen molar-refractivity contribution in [1.82, 2.24) is 9.88 Å². The molecule has 0 bridgehead atoms. The van der Waals surface area contributed by atoms with Crippen LogP contribution in [0.25, 0.3) is 0 Å². The molecule has 3 rings (SSSR count). The number of amides is 1. The van der Waals surface area contributed by atoms with Crippen LogP contribution in [-0.4, -0.2) is 48.1 Å². The first-order valence-corrected chi connectivity index (χ1v) is 12.6. The van der Waals surface area contributed by atoms with Crippen molar-refractivity contribution >= 4 is 35.3 Å².